The summed E-state index contributed by atoms with van der Waals surface area (Å²) in [6.07, 6.45) is 2.25. The third-order valence-corrected chi connectivity index (χ3v) is 2.69. The van der Waals surface area contributed by atoms with Crippen LogP contribution >= 0.6 is 0 Å². The van der Waals surface area contributed by atoms with E-state index < -0.39 is 0 Å². The molecule has 14 heavy (non-hydrogen) atoms. The van der Waals surface area contributed by atoms with Gasteiger partial charge in [0.2, 0.25) is 0 Å². The Balaban J connectivity index is 2.20. The first kappa shape index (κ1) is 9.72. The van der Waals surface area contributed by atoms with Gasteiger partial charge in [0, 0.05) is 0 Å². The Morgan fingerprint density at radius 3 is 2.93 bits per heavy atom. The highest BCUT2D eigenvalue weighted by molar-refractivity contribution is 5.33. The van der Waals surface area contributed by atoms with Crippen LogP contribution in [0.5, 0.6) is 0 Å². The van der Waals surface area contributed by atoms with Crippen LogP contribution in [0.15, 0.2) is 18.2 Å². The van der Waals surface area contributed by atoms with Gasteiger partial charge in [-0.05, 0) is 35.4 Å². The summed E-state index contributed by atoms with van der Waals surface area (Å²) in [5.41, 5.74) is 4.32. The minimum atomic E-state index is 0.734. The Labute approximate surface area is 86.1 Å². The second kappa shape index (κ2) is 4.14. The van der Waals surface area contributed by atoms with Crippen LogP contribution in [0.1, 0.15) is 30.5 Å². The van der Waals surface area contributed by atoms with E-state index in [9.17, 15) is 0 Å². The normalized spacial score (nSPS) is 15.6. The summed E-state index contributed by atoms with van der Waals surface area (Å²) in [5, 5.41) is 0. The highest BCUT2D eigenvalue weighted by atomic mass is 16.5. The first-order chi connectivity index (χ1) is 6.75. The Hall–Kier alpha value is -0.820. The van der Waals surface area contributed by atoms with E-state index >= 15 is 0 Å². The number of hydrogen-bond donors (Lipinski definition) is 0. The van der Waals surface area contributed by atoms with Crippen molar-refractivity contribution in [2.75, 3.05) is 6.61 Å². The Kier molecular flexibility index (Phi) is 2.87. The van der Waals surface area contributed by atoms with Crippen LogP contribution in [0.3, 0.4) is 0 Å². The fourth-order valence-electron chi connectivity index (χ4n) is 2.02. The summed E-state index contributed by atoms with van der Waals surface area (Å²) < 4.78 is 5.46. The molecular weight excluding hydrogens is 172 g/mol. The maximum atomic E-state index is 5.46. The van der Waals surface area contributed by atoms with Crippen molar-refractivity contribution in [3.05, 3.63) is 34.9 Å². The van der Waals surface area contributed by atoms with Gasteiger partial charge in [-0.3, -0.25) is 0 Å². The molecule has 1 aliphatic heterocycles. The van der Waals surface area contributed by atoms with Gasteiger partial charge < -0.3 is 4.74 Å². The van der Waals surface area contributed by atoms with Crippen LogP contribution in [0.25, 0.3) is 0 Å². The summed E-state index contributed by atoms with van der Waals surface area (Å²) in [6, 6.07) is 6.86. The van der Waals surface area contributed by atoms with Gasteiger partial charge in [-0.1, -0.05) is 32.0 Å². The molecule has 76 valence electrons. The molecule has 1 heterocycles. The summed E-state index contributed by atoms with van der Waals surface area (Å²) in [7, 11) is 0. The lowest BCUT2D eigenvalue weighted by Gasteiger charge is -2.17. The van der Waals surface area contributed by atoms with Crippen LogP contribution in [-0.2, 0) is 24.2 Å². The highest BCUT2D eigenvalue weighted by Crippen LogP contribution is 2.19. The van der Waals surface area contributed by atoms with E-state index in [2.05, 4.69) is 32.0 Å². The van der Waals surface area contributed by atoms with Crippen molar-refractivity contribution in [2.45, 2.75) is 33.3 Å². The first-order valence-electron chi connectivity index (χ1n) is 5.44. The average Bonchev–Trinajstić information content (AvgIpc) is 2.17. The number of benzene rings is 1. The number of hydrogen-bond acceptors (Lipinski definition) is 1. The molecule has 0 atom stereocenters. The molecule has 0 radical (unpaired) electrons. The molecule has 0 saturated carbocycles. The largest absolute Gasteiger partial charge is 0.376 e. The summed E-state index contributed by atoms with van der Waals surface area (Å²) in [6.45, 7) is 6.21. The lowest BCUT2D eigenvalue weighted by molar-refractivity contribution is 0.110. The van der Waals surface area contributed by atoms with Crippen molar-refractivity contribution in [1.82, 2.24) is 0 Å². The SMILES string of the molecule is CC(C)Cc1ccc2c(c1)COCC2. The second-order valence-corrected chi connectivity index (χ2v) is 4.50. The van der Waals surface area contributed by atoms with E-state index in [4.69, 9.17) is 4.74 Å². The van der Waals surface area contributed by atoms with Gasteiger partial charge in [0.25, 0.3) is 0 Å². The van der Waals surface area contributed by atoms with E-state index in [1.807, 2.05) is 0 Å². The Morgan fingerprint density at radius 1 is 1.29 bits per heavy atom. The van der Waals surface area contributed by atoms with Crippen molar-refractivity contribution in [3.8, 4) is 0 Å². The van der Waals surface area contributed by atoms with Crippen molar-refractivity contribution in [3.63, 3.8) is 0 Å². The number of fused-ring (bicyclic) bond motifs is 1. The maximum Gasteiger partial charge on any atom is 0.0719 e. The summed E-state index contributed by atoms with van der Waals surface area (Å²) in [4.78, 5) is 0. The molecule has 0 amide bonds. The fourth-order valence-corrected chi connectivity index (χ4v) is 2.02. The Morgan fingerprint density at radius 2 is 2.14 bits per heavy atom. The molecule has 2 rings (SSSR count). The second-order valence-electron chi connectivity index (χ2n) is 4.50. The zero-order chi connectivity index (χ0) is 9.97. The van der Waals surface area contributed by atoms with Crippen molar-refractivity contribution in [1.29, 1.82) is 0 Å². The molecule has 1 aliphatic rings. The zero-order valence-corrected chi connectivity index (χ0v) is 9.05. The molecule has 0 N–H and O–H groups in total. The summed E-state index contributed by atoms with van der Waals surface area (Å²) in [5.74, 6) is 0.734. The van der Waals surface area contributed by atoms with Crippen molar-refractivity contribution < 1.29 is 4.74 Å². The Bertz CT molecular complexity index is 315. The molecule has 1 nitrogen and oxygen atoms in total. The van der Waals surface area contributed by atoms with E-state index in [1.54, 1.807) is 0 Å². The predicted octanol–water partition coefficient (Wildman–Crippen LogP) is 2.96. The minimum absolute atomic E-state index is 0.734. The molecule has 0 fully saturated rings. The van der Waals surface area contributed by atoms with Gasteiger partial charge in [-0.15, -0.1) is 0 Å². The zero-order valence-electron chi connectivity index (χ0n) is 9.05. The molecule has 1 aromatic rings. The monoisotopic (exact) mass is 190 g/mol. The van der Waals surface area contributed by atoms with Gasteiger partial charge in [0.05, 0.1) is 13.2 Å². The number of ether oxygens (including phenoxy) is 1. The van der Waals surface area contributed by atoms with Crippen molar-refractivity contribution in [2.24, 2.45) is 5.92 Å². The third-order valence-electron chi connectivity index (χ3n) is 2.69. The van der Waals surface area contributed by atoms with Gasteiger partial charge in [-0.25, -0.2) is 0 Å². The third kappa shape index (κ3) is 2.16. The highest BCUT2D eigenvalue weighted by Gasteiger charge is 2.09. The molecular formula is C13H18O. The molecule has 0 saturated heterocycles. The quantitative estimate of drug-likeness (QED) is 0.696. The molecule has 0 bridgehead atoms. The first-order valence-corrected chi connectivity index (χ1v) is 5.44. The molecule has 1 heteroatoms. The topological polar surface area (TPSA) is 9.23 Å². The van der Waals surface area contributed by atoms with Crippen LogP contribution in [0, 0.1) is 5.92 Å². The van der Waals surface area contributed by atoms with Gasteiger partial charge in [0.1, 0.15) is 0 Å². The fraction of sp³-hybridized carbons (Fsp3) is 0.538. The van der Waals surface area contributed by atoms with Crippen LogP contribution in [0.2, 0.25) is 0 Å². The van der Waals surface area contributed by atoms with E-state index in [0.29, 0.717) is 0 Å². The summed E-state index contributed by atoms with van der Waals surface area (Å²) >= 11 is 0. The molecule has 0 aliphatic carbocycles. The van der Waals surface area contributed by atoms with Gasteiger partial charge in [-0.2, -0.15) is 0 Å². The molecule has 1 aromatic carbocycles. The predicted molar refractivity (Wildman–Crippen MR) is 58.3 cm³/mol. The van der Waals surface area contributed by atoms with Gasteiger partial charge >= 0.3 is 0 Å². The molecule has 0 aromatic heterocycles. The molecule has 0 spiro atoms. The molecule has 0 unspecified atom stereocenters. The van der Waals surface area contributed by atoms with Crippen LogP contribution in [0.4, 0.5) is 0 Å². The van der Waals surface area contributed by atoms with E-state index in [-0.39, 0.29) is 0 Å². The van der Waals surface area contributed by atoms with Crippen LogP contribution in [-0.4, -0.2) is 6.61 Å². The van der Waals surface area contributed by atoms with Crippen molar-refractivity contribution >= 4 is 0 Å². The smallest absolute Gasteiger partial charge is 0.0719 e. The number of rotatable bonds is 2. The van der Waals surface area contributed by atoms with E-state index in [0.717, 1.165) is 25.6 Å². The maximum absolute atomic E-state index is 5.46. The van der Waals surface area contributed by atoms with Crippen LogP contribution < -0.4 is 0 Å². The van der Waals surface area contributed by atoms with Gasteiger partial charge in [0.15, 0.2) is 0 Å². The van der Waals surface area contributed by atoms with E-state index in [1.165, 1.54) is 23.1 Å². The average molecular weight is 190 g/mol. The lowest BCUT2D eigenvalue weighted by Crippen LogP contribution is -2.10. The standard InChI is InChI=1S/C13H18O/c1-10(2)7-11-3-4-12-5-6-14-9-13(12)8-11/h3-4,8,10H,5-7,9H2,1-2H3. The minimum Gasteiger partial charge on any atom is -0.376 e. The lowest BCUT2D eigenvalue weighted by atomic mass is 9.96.